The monoisotopic (exact) mass is 452 g/mol. The summed E-state index contributed by atoms with van der Waals surface area (Å²) in [6.45, 7) is 6.96. The summed E-state index contributed by atoms with van der Waals surface area (Å²) in [4.78, 5) is 6.70. The van der Waals surface area contributed by atoms with Gasteiger partial charge in [-0.2, -0.15) is 4.98 Å². The molecule has 6 nitrogen and oxygen atoms in total. The van der Waals surface area contributed by atoms with E-state index in [-0.39, 0.29) is 5.82 Å². The van der Waals surface area contributed by atoms with Gasteiger partial charge in [0.05, 0.1) is 18.7 Å². The van der Waals surface area contributed by atoms with Gasteiger partial charge in [-0.25, -0.2) is 4.39 Å². The van der Waals surface area contributed by atoms with E-state index in [9.17, 15) is 4.39 Å². The summed E-state index contributed by atoms with van der Waals surface area (Å²) in [5.41, 5.74) is 3.18. The fourth-order valence-electron chi connectivity index (χ4n) is 3.79. The lowest BCUT2D eigenvalue weighted by Gasteiger charge is -2.38. The third-order valence-electron chi connectivity index (χ3n) is 5.31. The van der Waals surface area contributed by atoms with E-state index < -0.39 is 6.04 Å². The maximum atomic E-state index is 14.0. The second-order valence-corrected chi connectivity index (χ2v) is 8.48. The van der Waals surface area contributed by atoms with E-state index in [1.165, 1.54) is 12.1 Å². The average Bonchev–Trinajstić information content (AvgIpc) is 3.26. The van der Waals surface area contributed by atoms with Gasteiger partial charge in [0.25, 0.3) is 5.89 Å². The summed E-state index contributed by atoms with van der Waals surface area (Å²) in [7, 11) is 1.61. The Morgan fingerprint density at radius 2 is 2.00 bits per heavy atom. The molecule has 4 rings (SSSR count). The van der Waals surface area contributed by atoms with E-state index in [2.05, 4.69) is 29.3 Å². The van der Waals surface area contributed by atoms with Crippen LogP contribution in [0.5, 0.6) is 5.75 Å². The minimum Gasteiger partial charge on any atom is -0.497 e. The molecule has 0 radical (unpaired) electrons. The van der Waals surface area contributed by atoms with E-state index in [0.717, 1.165) is 28.9 Å². The fraction of sp³-hybridized carbons (Fsp3) is 0.292. The number of hydrogen-bond acceptors (Lipinski definition) is 5. The predicted octanol–water partition coefficient (Wildman–Crippen LogP) is 5.20. The van der Waals surface area contributed by atoms with Crippen LogP contribution < -0.4 is 10.1 Å². The highest BCUT2D eigenvalue weighted by atomic mass is 32.1. The van der Waals surface area contributed by atoms with Crippen molar-refractivity contribution in [3.05, 3.63) is 71.5 Å². The molecule has 1 aliphatic heterocycles. The summed E-state index contributed by atoms with van der Waals surface area (Å²) in [5.74, 6) is 1.57. The number of ether oxygens (including phenoxy) is 1. The predicted molar refractivity (Wildman–Crippen MR) is 125 cm³/mol. The summed E-state index contributed by atoms with van der Waals surface area (Å²) >= 11 is 5.65. The molecular formula is C24H25FN4O2S. The Kier molecular flexibility index (Phi) is 6.23. The Bertz CT molecular complexity index is 1170. The minimum atomic E-state index is -0.416. The molecule has 2 heterocycles. The lowest BCUT2D eigenvalue weighted by molar-refractivity contribution is 0.385. The van der Waals surface area contributed by atoms with Gasteiger partial charge < -0.3 is 19.5 Å². The highest BCUT2D eigenvalue weighted by Crippen LogP contribution is 2.38. The van der Waals surface area contributed by atoms with Gasteiger partial charge in [0, 0.05) is 17.8 Å². The Morgan fingerprint density at radius 3 is 2.72 bits per heavy atom. The number of allylic oxidation sites excluding steroid dienone is 1. The average molecular weight is 453 g/mol. The van der Waals surface area contributed by atoms with Gasteiger partial charge in [0.2, 0.25) is 5.82 Å². The van der Waals surface area contributed by atoms with Crippen molar-refractivity contribution in [1.29, 1.82) is 0 Å². The first-order valence-electron chi connectivity index (χ1n) is 10.4. The lowest BCUT2D eigenvalue weighted by Crippen LogP contribution is -2.47. The van der Waals surface area contributed by atoms with Gasteiger partial charge in [-0.1, -0.05) is 43.3 Å². The normalized spacial score (nSPS) is 16.5. The van der Waals surface area contributed by atoms with Gasteiger partial charge >= 0.3 is 0 Å². The van der Waals surface area contributed by atoms with Crippen molar-refractivity contribution in [3.63, 3.8) is 0 Å². The first-order valence-corrected chi connectivity index (χ1v) is 10.8. The number of thiocarbonyl (C=S) groups is 1. The SMILES string of the molecule is COc1cccc(-c2noc(C3=C(C)N(CC(C)C)C(=S)NC3c3cccc(F)c3)n2)c1. The Labute approximate surface area is 192 Å². The second kappa shape index (κ2) is 9.08. The Balaban J connectivity index is 1.82. The van der Waals surface area contributed by atoms with Crippen molar-refractivity contribution in [1.82, 2.24) is 20.4 Å². The van der Waals surface area contributed by atoms with Crippen molar-refractivity contribution < 1.29 is 13.7 Å². The molecule has 1 N–H and O–H groups in total. The standard InChI is InChI=1S/C24H25FN4O2S/c1-14(2)13-29-15(3)20(21(26-24(29)32)16-7-5-9-18(25)11-16)23-27-22(28-31-23)17-8-6-10-19(12-17)30-4/h5-12,14,21H,13H2,1-4H3,(H,26,32). The number of rotatable bonds is 6. The van der Waals surface area contributed by atoms with Crippen LogP contribution in [0.2, 0.25) is 0 Å². The van der Waals surface area contributed by atoms with E-state index in [0.29, 0.717) is 28.5 Å². The largest absolute Gasteiger partial charge is 0.497 e. The van der Waals surface area contributed by atoms with Gasteiger partial charge in [-0.15, -0.1) is 0 Å². The van der Waals surface area contributed by atoms with Crippen molar-refractivity contribution >= 4 is 22.9 Å². The number of nitrogens with zero attached hydrogens (tertiary/aromatic N) is 3. The highest BCUT2D eigenvalue weighted by molar-refractivity contribution is 7.80. The van der Waals surface area contributed by atoms with Crippen LogP contribution in [0.3, 0.4) is 0 Å². The summed E-state index contributed by atoms with van der Waals surface area (Å²) in [6, 6.07) is 13.5. The van der Waals surface area contributed by atoms with Crippen molar-refractivity contribution in [3.8, 4) is 17.1 Å². The third-order valence-corrected chi connectivity index (χ3v) is 5.65. The minimum absolute atomic E-state index is 0.320. The molecule has 0 saturated carbocycles. The highest BCUT2D eigenvalue weighted by Gasteiger charge is 2.34. The Morgan fingerprint density at radius 1 is 1.22 bits per heavy atom. The summed E-state index contributed by atoms with van der Waals surface area (Å²) in [5, 5.41) is 8.12. The van der Waals surface area contributed by atoms with Crippen LogP contribution in [0.1, 0.15) is 38.3 Å². The van der Waals surface area contributed by atoms with Gasteiger partial charge in [0.1, 0.15) is 11.6 Å². The van der Waals surface area contributed by atoms with Crippen LogP contribution in [-0.4, -0.2) is 33.8 Å². The van der Waals surface area contributed by atoms with Crippen LogP contribution in [0.15, 0.2) is 58.8 Å². The number of halogens is 1. The van der Waals surface area contributed by atoms with E-state index in [4.69, 9.17) is 21.5 Å². The molecule has 1 atom stereocenters. The van der Waals surface area contributed by atoms with E-state index >= 15 is 0 Å². The molecule has 0 amide bonds. The first kappa shape index (κ1) is 22.0. The molecule has 32 heavy (non-hydrogen) atoms. The fourth-order valence-corrected chi connectivity index (χ4v) is 4.12. The van der Waals surface area contributed by atoms with Crippen molar-refractivity contribution in [2.75, 3.05) is 13.7 Å². The zero-order valence-electron chi connectivity index (χ0n) is 18.4. The first-order chi connectivity index (χ1) is 15.4. The van der Waals surface area contributed by atoms with Crippen molar-refractivity contribution in [2.24, 2.45) is 5.92 Å². The third kappa shape index (κ3) is 4.36. The van der Waals surface area contributed by atoms with Crippen LogP contribution in [0.25, 0.3) is 17.0 Å². The van der Waals surface area contributed by atoms with Gasteiger partial charge in [0.15, 0.2) is 5.11 Å². The summed E-state index contributed by atoms with van der Waals surface area (Å²) in [6.07, 6.45) is 0. The molecular weight excluding hydrogens is 427 g/mol. The van der Waals surface area contributed by atoms with E-state index in [1.54, 1.807) is 13.2 Å². The van der Waals surface area contributed by atoms with Gasteiger partial charge in [-0.3, -0.25) is 0 Å². The van der Waals surface area contributed by atoms with E-state index in [1.807, 2.05) is 42.2 Å². The number of aromatic nitrogens is 2. The Hall–Kier alpha value is -3.26. The molecule has 8 heteroatoms. The number of hydrogen-bond donors (Lipinski definition) is 1. The quantitative estimate of drug-likeness (QED) is 0.516. The molecule has 0 fully saturated rings. The van der Waals surface area contributed by atoms with Crippen molar-refractivity contribution in [2.45, 2.75) is 26.8 Å². The summed E-state index contributed by atoms with van der Waals surface area (Å²) < 4.78 is 25.1. The molecule has 1 aromatic heterocycles. The van der Waals surface area contributed by atoms with Crippen LogP contribution >= 0.6 is 12.2 Å². The second-order valence-electron chi connectivity index (χ2n) is 8.10. The molecule has 2 aromatic carbocycles. The molecule has 166 valence electrons. The number of benzene rings is 2. The van der Waals surface area contributed by atoms with Crippen LogP contribution in [-0.2, 0) is 0 Å². The molecule has 0 spiro atoms. The maximum Gasteiger partial charge on any atom is 0.258 e. The van der Waals surface area contributed by atoms with Gasteiger partial charge in [-0.05, 0) is 54.9 Å². The maximum absolute atomic E-state index is 14.0. The smallest absolute Gasteiger partial charge is 0.258 e. The molecule has 0 aliphatic carbocycles. The lowest BCUT2D eigenvalue weighted by atomic mass is 9.94. The topological polar surface area (TPSA) is 63.4 Å². The zero-order chi connectivity index (χ0) is 22.8. The molecule has 0 saturated heterocycles. The molecule has 1 aliphatic rings. The zero-order valence-corrected chi connectivity index (χ0v) is 19.2. The molecule has 1 unspecified atom stereocenters. The number of nitrogens with one attached hydrogen (secondary N) is 1. The number of methoxy groups -OCH3 is 1. The van der Waals surface area contributed by atoms with Crippen LogP contribution in [0.4, 0.5) is 4.39 Å². The van der Waals surface area contributed by atoms with Crippen LogP contribution in [0, 0.1) is 11.7 Å². The molecule has 0 bridgehead atoms. The molecule has 3 aromatic rings.